The van der Waals surface area contributed by atoms with Gasteiger partial charge in [-0.2, -0.15) is 0 Å². The molecule has 20 heavy (non-hydrogen) atoms. The third kappa shape index (κ3) is 5.26. The zero-order valence-electron chi connectivity index (χ0n) is 11.7. The molecule has 1 atom stereocenters. The molecule has 0 aliphatic heterocycles. The molecule has 110 valence electrons. The average molecular weight is 282 g/mol. The number of carbonyl (C=O) groups is 2. The Morgan fingerprint density at radius 1 is 1.35 bits per heavy atom. The topological polar surface area (TPSA) is 78.4 Å². The molecule has 0 aliphatic rings. The van der Waals surface area contributed by atoms with Crippen molar-refractivity contribution in [2.24, 2.45) is 5.41 Å². The van der Waals surface area contributed by atoms with E-state index >= 15 is 0 Å². The molecule has 0 saturated heterocycles. The van der Waals surface area contributed by atoms with Crippen molar-refractivity contribution in [1.29, 1.82) is 0 Å². The van der Waals surface area contributed by atoms with Crippen LogP contribution in [0.2, 0.25) is 0 Å². The summed E-state index contributed by atoms with van der Waals surface area (Å²) in [4.78, 5) is 22.6. The molecule has 0 heterocycles. The van der Waals surface area contributed by atoms with E-state index in [1.807, 2.05) is 20.8 Å². The van der Waals surface area contributed by atoms with Crippen molar-refractivity contribution in [3.8, 4) is 0 Å². The number of anilines is 1. The molecule has 5 nitrogen and oxygen atoms in total. The van der Waals surface area contributed by atoms with Gasteiger partial charge in [0.15, 0.2) is 0 Å². The number of halogens is 1. The first-order valence-electron chi connectivity index (χ1n) is 6.23. The van der Waals surface area contributed by atoms with Gasteiger partial charge in [-0.05, 0) is 23.6 Å². The van der Waals surface area contributed by atoms with Gasteiger partial charge in [-0.3, -0.25) is 4.79 Å². The molecule has 3 N–H and O–H groups in total. The summed E-state index contributed by atoms with van der Waals surface area (Å²) in [5.41, 5.74) is -0.0945. The summed E-state index contributed by atoms with van der Waals surface area (Å²) < 4.78 is 13.0. The summed E-state index contributed by atoms with van der Waals surface area (Å²) in [5.74, 6) is -1.45. The fraction of sp³-hybridized carbons (Fsp3) is 0.429. The summed E-state index contributed by atoms with van der Waals surface area (Å²) >= 11 is 0. The highest BCUT2D eigenvalue weighted by Gasteiger charge is 2.28. The van der Waals surface area contributed by atoms with Crippen LogP contribution in [0.5, 0.6) is 0 Å². The van der Waals surface area contributed by atoms with E-state index in [-0.39, 0.29) is 6.42 Å². The zero-order valence-corrected chi connectivity index (χ0v) is 11.7. The van der Waals surface area contributed by atoms with Gasteiger partial charge in [0.05, 0.1) is 6.42 Å². The van der Waals surface area contributed by atoms with Gasteiger partial charge in [-0.25, -0.2) is 9.18 Å². The van der Waals surface area contributed by atoms with E-state index in [2.05, 4.69) is 10.6 Å². The lowest BCUT2D eigenvalue weighted by molar-refractivity contribution is -0.138. The maximum absolute atomic E-state index is 13.0. The number of carboxylic acid groups (broad SMARTS) is 1. The molecule has 0 radical (unpaired) electrons. The SMILES string of the molecule is CC(C)(C)C(CC(=O)O)NC(=O)Nc1cccc(F)c1. The number of carboxylic acids is 1. The Labute approximate surface area is 117 Å². The first-order chi connectivity index (χ1) is 9.18. The van der Waals surface area contributed by atoms with Crippen molar-refractivity contribution in [1.82, 2.24) is 5.32 Å². The minimum Gasteiger partial charge on any atom is -0.481 e. The second-order valence-electron chi connectivity index (χ2n) is 5.63. The minimum absolute atomic E-state index is 0.180. The van der Waals surface area contributed by atoms with Crippen LogP contribution in [0.25, 0.3) is 0 Å². The van der Waals surface area contributed by atoms with Crippen LogP contribution >= 0.6 is 0 Å². The number of nitrogens with one attached hydrogen (secondary N) is 2. The van der Waals surface area contributed by atoms with Gasteiger partial charge in [-0.1, -0.05) is 26.8 Å². The van der Waals surface area contributed by atoms with Gasteiger partial charge in [0, 0.05) is 11.7 Å². The van der Waals surface area contributed by atoms with Crippen molar-refractivity contribution in [3.63, 3.8) is 0 Å². The van der Waals surface area contributed by atoms with Crippen LogP contribution < -0.4 is 10.6 Å². The number of urea groups is 1. The summed E-state index contributed by atoms with van der Waals surface area (Å²) in [6, 6.07) is 4.38. The third-order valence-electron chi connectivity index (χ3n) is 2.81. The second-order valence-corrected chi connectivity index (χ2v) is 5.63. The molecule has 6 heteroatoms. The maximum Gasteiger partial charge on any atom is 0.319 e. The Kier molecular flexibility index (Phi) is 5.07. The molecule has 0 spiro atoms. The molecule has 1 rings (SSSR count). The van der Waals surface area contributed by atoms with Gasteiger partial charge in [0.25, 0.3) is 0 Å². The van der Waals surface area contributed by atoms with Crippen LogP contribution in [0.15, 0.2) is 24.3 Å². The van der Waals surface area contributed by atoms with Crippen LogP contribution in [0.4, 0.5) is 14.9 Å². The molecular weight excluding hydrogens is 263 g/mol. The Balaban J connectivity index is 2.69. The van der Waals surface area contributed by atoms with Crippen LogP contribution in [-0.4, -0.2) is 23.1 Å². The van der Waals surface area contributed by atoms with Gasteiger partial charge in [0.1, 0.15) is 5.82 Å². The number of benzene rings is 1. The fourth-order valence-electron chi connectivity index (χ4n) is 1.64. The van der Waals surface area contributed by atoms with Crippen LogP contribution in [0.3, 0.4) is 0 Å². The summed E-state index contributed by atoms with van der Waals surface area (Å²) in [6.45, 7) is 5.51. The smallest absolute Gasteiger partial charge is 0.319 e. The van der Waals surface area contributed by atoms with Crippen molar-refractivity contribution in [2.75, 3.05) is 5.32 Å². The average Bonchev–Trinajstić information content (AvgIpc) is 2.26. The molecule has 0 aromatic heterocycles. The molecule has 1 aromatic rings. The van der Waals surface area contributed by atoms with E-state index in [0.717, 1.165) is 0 Å². The first-order valence-corrected chi connectivity index (χ1v) is 6.23. The number of carbonyl (C=O) groups excluding carboxylic acids is 1. The Bertz CT molecular complexity index is 497. The largest absolute Gasteiger partial charge is 0.481 e. The quantitative estimate of drug-likeness (QED) is 0.794. The van der Waals surface area contributed by atoms with Gasteiger partial charge in [-0.15, -0.1) is 0 Å². The Hall–Kier alpha value is -2.11. The predicted molar refractivity (Wildman–Crippen MR) is 74.1 cm³/mol. The monoisotopic (exact) mass is 282 g/mol. The molecular formula is C14H19FN2O3. The van der Waals surface area contributed by atoms with Crippen molar-refractivity contribution in [3.05, 3.63) is 30.1 Å². The van der Waals surface area contributed by atoms with E-state index in [4.69, 9.17) is 5.11 Å². The van der Waals surface area contributed by atoms with Crippen LogP contribution in [0, 0.1) is 11.2 Å². The first kappa shape index (κ1) is 15.9. The lowest BCUT2D eigenvalue weighted by Gasteiger charge is -2.30. The van der Waals surface area contributed by atoms with E-state index in [0.29, 0.717) is 5.69 Å². The Morgan fingerprint density at radius 3 is 2.50 bits per heavy atom. The zero-order chi connectivity index (χ0) is 15.3. The second kappa shape index (κ2) is 6.36. The predicted octanol–water partition coefficient (Wildman–Crippen LogP) is 2.84. The molecule has 0 fully saturated rings. The van der Waals surface area contributed by atoms with Gasteiger partial charge in [0.2, 0.25) is 0 Å². The molecule has 1 unspecified atom stereocenters. The third-order valence-corrected chi connectivity index (χ3v) is 2.81. The molecule has 0 bridgehead atoms. The molecule has 1 aromatic carbocycles. The summed E-state index contributed by atoms with van der Waals surface area (Å²) in [6.07, 6.45) is -0.180. The fourth-order valence-corrected chi connectivity index (χ4v) is 1.64. The van der Waals surface area contributed by atoms with Crippen molar-refractivity contribution < 1.29 is 19.1 Å². The standard InChI is InChI=1S/C14H19FN2O3/c1-14(2,3)11(8-12(18)19)17-13(20)16-10-6-4-5-9(15)7-10/h4-7,11H,8H2,1-3H3,(H,18,19)(H2,16,17,20). The number of aliphatic carboxylic acids is 1. The van der Waals surface area contributed by atoms with E-state index < -0.39 is 29.3 Å². The van der Waals surface area contributed by atoms with E-state index in [9.17, 15) is 14.0 Å². The summed E-state index contributed by atoms with van der Waals surface area (Å²) in [7, 11) is 0. The number of hydrogen-bond acceptors (Lipinski definition) is 2. The van der Waals surface area contributed by atoms with Gasteiger partial charge >= 0.3 is 12.0 Å². The number of hydrogen-bond donors (Lipinski definition) is 3. The van der Waals surface area contributed by atoms with Crippen LogP contribution in [0.1, 0.15) is 27.2 Å². The molecule has 0 aliphatic carbocycles. The van der Waals surface area contributed by atoms with E-state index in [1.165, 1.54) is 18.2 Å². The van der Waals surface area contributed by atoms with Gasteiger partial charge < -0.3 is 15.7 Å². The number of amides is 2. The molecule has 2 amide bonds. The van der Waals surface area contributed by atoms with Crippen molar-refractivity contribution in [2.45, 2.75) is 33.2 Å². The van der Waals surface area contributed by atoms with E-state index in [1.54, 1.807) is 6.07 Å². The maximum atomic E-state index is 13.0. The summed E-state index contributed by atoms with van der Waals surface area (Å²) in [5, 5.41) is 13.9. The highest BCUT2D eigenvalue weighted by molar-refractivity contribution is 5.89. The minimum atomic E-state index is -0.990. The van der Waals surface area contributed by atoms with Crippen molar-refractivity contribution >= 4 is 17.7 Å². The number of rotatable bonds is 4. The highest BCUT2D eigenvalue weighted by Crippen LogP contribution is 2.22. The van der Waals surface area contributed by atoms with Crippen LogP contribution in [-0.2, 0) is 4.79 Å². The Morgan fingerprint density at radius 2 is 2.00 bits per heavy atom. The highest BCUT2D eigenvalue weighted by atomic mass is 19.1. The normalized spacial score (nSPS) is 12.6. The molecule has 0 saturated carbocycles. The lowest BCUT2D eigenvalue weighted by atomic mass is 9.85. The lowest BCUT2D eigenvalue weighted by Crippen LogP contribution is -2.46.